The lowest BCUT2D eigenvalue weighted by Gasteiger charge is -2.15. The van der Waals surface area contributed by atoms with E-state index < -0.39 is 10.0 Å². The quantitative estimate of drug-likeness (QED) is 0.407. The van der Waals surface area contributed by atoms with Crippen molar-refractivity contribution < 1.29 is 17.7 Å². The molecule has 1 N–H and O–H groups in total. The van der Waals surface area contributed by atoms with Gasteiger partial charge < -0.3 is 9.84 Å². The Bertz CT molecular complexity index is 1410. The number of hydrogen-bond acceptors (Lipinski definition) is 5. The van der Waals surface area contributed by atoms with Gasteiger partial charge in [0.05, 0.1) is 11.4 Å². The molecule has 5 rings (SSSR count). The van der Waals surface area contributed by atoms with Gasteiger partial charge in [0.1, 0.15) is 5.69 Å². The first kappa shape index (κ1) is 23.0. The Morgan fingerprint density at radius 1 is 0.857 bits per heavy atom. The molecular weight excluding hydrogens is 462 g/mol. The summed E-state index contributed by atoms with van der Waals surface area (Å²) in [4.78, 5) is 12.8. The number of carbonyl (C=O) groups is 1. The molecule has 1 saturated heterocycles. The summed E-state index contributed by atoms with van der Waals surface area (Å²) in [6.45, 7) is 1.28. The molecular formula is C27H25N3O4S. The zero-order valence-electron chi connectivity index (χ0n) is 19.1. The van der Waals surface area contributed by atoms with Crippen molar-refractivity contribution in [1.82, 2.24) is 14.8 Å². The number of aromatic nitrogens is 1. The molecule has 1 fully saturated rings. The fourth-order valence-electron chi connectivity index (χ4n) is 4.12. The van der Waals surface area contributed by atoms with Crippen LogP contribution in [0.2, 0.25) is 0 Å². The summed E-state index contributed by atoms with van der Waals surface area (Å²) in [5, 5.41) is 6.86. The summed E-state index contributed by atoms with van der Waals surface area (Å²) in [5.41, 5.74) is 4.12. The third kappa shape index (κ3) is 5.03. The summed E-state index contributed by atoms with van der Waals surface area (Å²) < 4.78 is 32.2. The smallest absolute Gasteiger partial charge is 0.251 e. The summed E-state index contributed by atoms with van der Waals surface area (Å²) in [7, 11) is -3.50. The number of hydrogen-bond donors (Lipinski definition) is 1. The molecule has 35 heavy (non-hydrogen) atoms. The Kier molecular flexibility index (Phi) is 6.48. The number of nitrogens with one attached hydrogen (secondary N) is 1. The van der Waals surface area contributed by atoms with Gasteiger partial charge in [-0.3, -0.25) is 4.79 Å². The van der Waals surface area contributed by atoms with Crippen LogP contribution < -0.4 is 5.32 Å². The van der Waals surface area contributed by atoms with Crippen LogP contribution in [0.4, 0.5) is 0 Å². The highest BCUT2D eigenvalue weighted by molar-refractivity contribution is 7.89. The van der Waals surface area contributed by atoms with Crippen LogP contribution in [-0.2, 0) is 16.6 Å². The van der Waals surface area contributed by atoms with Crippen LogP contribution in [0.5, 0.6) is 0 Å². The average Bonchev–Trinajstić information content (AvgIpc) is 3.61. The van der Waals surface area contributed by atoms with E-state index in [-0.39, 0.29) is 17.3 Å². The summed E-state index contributed by atoms with van der Waals surface area (Å²) >= 11 is 0. The molecule has 1 aliphatic rings. The molecule has 0 saturated carbocycles. The van der Waals surface area contributed by atoms with Crippen LogP contribution in [0, 0.1) is 0 Å². The maximum Gasteiger partial charge on any atom is 0.251 e. The van der Waals surface area contributed by atoms with Crippen molar-refractivity contribution in [2.75, 3.05) is 13.1 Å². The molecule has 1 aliphatic heterocycles. The largest absolute Gasteiger partial charge is 0.356 e. The molecule has 0 bridgehead atoms. The minimum Gasteiger partial charge on any atom is -0.356 e. The van der Waals surface area contributed by atoms with Gasteiger partial charge in [-0.25, -0.2) is 8.42 Å². The van der Waals surface area contributed by atoms with E-state index in [0.717, 1.165) is 29.5 Å². The average molecular weight is 488 g/mol. The predicted octanol–water partition coefficient (Wildman–Crippen LogP) is 4.72. The molecule has 7 nitrogen and oxygen atoms in total. The van der Waals surface area contributed by atoms with Crippen molar-refractivity contribution in [2.45, 2.75) is 24.3 Å². The van der Waals surface area contributed by atoms with Gasteiger partial charge in [0.2, 0.25) is 10.0 Å². The fraction of sp³-hybridized carbons (Fsp3) is 0.185. The Morgan fingerprint density at radius 3 is 2.17 bits per heavy atom. The number of amides is 1. The van der Waals surface area contributed by atoms with Crippen LogP contribution in [0.1, 0.15) is 28.9 Å². The van der Waals surface area contributed by atoms with Crippen molar-refractivity contribution in [3.05, 3.63) is 96.2 Å². The zero-order chi connectivity index (χ0) is 24.3. The van der Waals surface area contributed by atoms with Crippen molar-refractivity contribution in [2.24, 2.45) is 0 Å². The monoisotopic (exact) mass is 487 g/mol. The van der Waals surface area contributed by atoms with Crippen LogP contribution >= 0.6 is 0 Å². The topological polar surface area (TPSA) is 92.5 Å². The van der Waals surface area contributed by atoms with Gasteiger partial charge in [-0.15, -0.1) is 0 Å². The minimum absolute atomic E-state index is 0.193. The number of nitrogens with zero attached hydrogens (tertiary/aromatic N) is 2. The van der Waals surface area contributed by atoms with Gasteiger partial charge in [0.25, 0.3) is 5.91 Å². The van der Waals surface area contributed by atoms with Gasteiger partial charge in [-0.2, -0.15) is 4.31 Å². The maximum atomic E-state index is 12.6. The second kappa shape index (κ2) is 9.85. The van der Waals surface area contributed by atoms with E-state index in [1.165, 1.54) is 28.6 Å². The van der Waals surface area contributed by atoms with E-state index in [4.69, 9.17) is 4.52 Å². The van der Waals surface area contributed by atoms with Crippen molar-refractivity contribution in [1.29, 1.82) is 0 Å². The summed E-state index contributed by atoms with van der Waals surface area (Å²) in [6, 6.07) is 25.9. The lowest BCUT2D eigenvalue weighted by Crippen LogP contribution is -2.28. The highest BCUT2D eigenvalue weighted by Crippen LogP contribution is 2.25. The first-order valence-corrected chi connectivity index (χ1v) is 12.9. The van der Waals surface area contributed by atoms with E-state index in [1.54, 1.807) is 6.07 Å². The van der Waals surface area contributed by atoms with Crippen LogP contribution in [-0.4, -0.2) is 36.9 Å². The van der Waals surface area contributed by atoms with Gasteiger partial charge in [-0.1, -0.05) is 59.8 Å². The van der Waals surface area contributed by atoms with Crippen molar-refractivity contribution >= 4 is 15.9 Å². The van der Waals surface area contributed by atoms with Crippen molar-refractivity contribution in [3.8, 4) is 22.5 Å². The van der Waals surface area contributed by atoms with E-state index in [1.807, 2.05) is 42.5 Å². The molecule has 8 heteroatoms. The molecule has 3 aromatic carbocycles. The Labute approximate surface area is 204 Å². The molecule has 4 aromatic rings. The third-order valence-electron chi connectivity index (χ3n) is 6.08. The first-order valence-electron chi connectivity index (χ1n) is 11.5. The van der Waals surface area contributed by atoms with Gasteiger partial charge in [0.15, 0.2) is 5.76 Å². The molecule has 0 atom stereocenters. The number of sulfonamides is 1. The lowest BCUT2D eigenvalue weighted by molar-refractivity contribution is 0.0950. The molecule has 2 heterocycles. The number of rotatable bonds is 7. The molecule has 0 spiro atoms. The zero-order valence-corrected chi connectivity index (χ0v) is 19.9. The van der Waals surface area contributed by atoms with Gasteiger partial charge in [0, 0.05) is 30.3 Å². The Balaban J connectivity index is 1.20. The highest BCUT2D eigenvalue weighted by atomic mass is 32.2. The Hall–Kier alpha value is -3.75. The van der Waals surface area contributed by atoms with Gasteiger partial charge >= 0.3 is 0 Å². The lowest BCUT2D eigenvalue weighted by atomic mass is 10.0. The fourth-order valence-corrected chi connectivity index (χ4v) is 5.63. The summed E-state index contributed by atoms with van der Waals surface area (Å²) in [6.07, 6.45) is 1.75. The number of benzene rings is 3. The van der Waals surface area contributed by atoms with E-state index in [2.05, 4.69) is 22.6 Å². The standard InChI is InChI=1S/C27H25N3O4S/c31-27(23-12-14-25(15-13-23)35(32,33)30-16-4-5-17-30)28-19-24-18-26(34-29-24)22-10-8-21(9-11-22)20-6-2-1-3-7-20/h1-3,6-15,18H,4-5,16-17,19H2,(H,28,31). The van der Waals surface area contributed by atoms with Crippen LogP contribution in [0.15, 0.2) is 94.3 Å². The molecule has 1 aromatic heterocycles. The van der Waals surface area contributed by atoms with E-state index in [9.17, 15) is 13.2 Å². The number of carbonyl (C=O) groups excluding carboxylic acids is 1. The van der Waals surface area contributed by atoms with Crippen LogP contribution in [0.25, 0.3) is 22.5 Å². The summed E-state index contributed by atoms with van der Waals surface area (Å²) in [5.74, 6) is 0.303. The highest BCUT2D eigenvalue weighted by Gasteiger charge is 2.27. The SMILES string of the molecule is O=C(NCc1cc(-c2ccc(-c3ccccc3)cc2)on1)c1ccc(S(=O)(=O)N2CCCC2)cc1. The van der Waals surface area contributed by atoms with E-state index in [0.29, 0.717) is 30.1 Å². The second-order valence-electron chi connectivity index (χ2n) is 8.44. The third-order valence-corrected chi connectivity index (χ3v) is 8.00. The first-order chi connectivity index (χ1) is 17.0. The maximum absolute atomic E-state index is 12.6. The molecule has 0 radical (unpaired) electrons. The van der Waals surface area contributed by atoms with Crippen LogP contribution in [0.3, 0.4) is 0 Å². The molecule has 0 aliphatic carbocycles. The molecule has 178 valence electrons. The van der Waals surface area contributed by atoms with Gasteiger partial charge in [-0.05, 0) is 48.2 Å². The second-order valence-corrected chi connectivity index (χ2v) is 10.4. The minimum atomic E-state index is -3.50. The normalized spacial score (nSPS) is 14.2. The predicted molar refractivity (Wildman–Crippen MR) is 133 cm³/mol. The van der Waals surface area contributed by atoms with E-state index >= 15 is 0 Å². The Morgan fingerprint density at radius 2 is 1.49 bits per heavy atom. The van der Waals surface area contributed by atoms with Crippen molar-refractivity contribution in [3.63, 3.8) is 0 Å². The molecule has 1 amide bonds. The molecule has 0 unspecified atom stereocenters.